The average molecular weight is 430 g/mol. The van der Waals surface area contributed by atoms with E-state index in [0.29, 0.717) is 16.6 Å². The number of carbonyl (C=O) groups excluding carboxylic acids is 3. The van der Waals surface area contributed by atoms with Crippen LogP contribution in [0.3, 0.4) is 0 Å². The van der Waals surface area contributed by atoms with E-state index in [0.717, 1.165) is 5.56 Å². The van der Waals surface area contributed by atoms with Crippen LogP contribution in [0.4, 0.5) is 5.95 Å². The molecule has 1 saturated heterocycles. The molecule has 1 aliphatic heterocycles. The number of carbonyl (C=O) groups is 3. The van der Waals surface area contributed by atoms with E-state index in [-0.39, 0.29) is 24.9 Å². The number of H-pyrrole nitrogens is 2. The van der Waals surface area contributed by atoms with E-state index in [9.17, 15) is 14.4 Å². The van der Waals surface area contributed by atoms with Crippen molar-refractivity contribution in [3.05, 3.63) is 72.3 Å². The van der Waals surface area contributed by atoms with Crippen molar-refractivity contribution in [3.63, 3.8) is 0 Å². The third-order valence-electron chi connectivity index (χ3n) is 5.41. The van der Waals surface area contributed by atoms with Gasteiger partial charge in [0.05, 0.1) is 30.2 Å². The Bertz CT molecular complexity index is 1290. The minimum atomic E-state index is -0.835. The van der Waals surface area contributed by atoms with E-state index in [1.807, 2.05) is 30.3 Å². The number of rotatable bonds is 4. The van der Waals surface area contributed by atoms with Gasteiger partial charge >= 0.3 is 11.8 Å². The minimum Gasteiger partial charge on any atom is -0.339 e. The molecular weight excluding hydrogens is 412 g/mol. The molecule has 160 valence electrons. The molecule has 11 nitrogen and oxygen atoms in total. The van der Waals surface area contributed by atoms with Crippen LogP contribution in [-0.4, -0.2) is 60.9 Å². The van der Waals surface area contributed by atoms with Gasteiger partial charge in [0.25, 0.3) is 5.91 Å². The largest absolute Gasteiger partial charge is 0.339 e. The molecule has 4 aromatic rings. The second kappa shape index (κ2) is 7.61. The summed E-state index contributed by atoms with van der Waals surface area (Å²) in [5, 5.41) is 12.8. The van der Waals surface area contributed by atoms with Gasteiger partial charge in [-0.2, -0.15) is 5.10 Å². The predicted molar refractivity (Wildman–Crippen MR) is 113 cm³/mol. The molecule has 0 radical (unpaired) electrons. The van der Waals surface area contributed by atoms with Crippen molar-refractivity contribution in [2.45, 2.75) is 5.54 Å². The SMILES string of the molecule is O=C(Nc1ncc[nH]1)C(=O)N1CC(NC(=O)c2ccnc3[nH]ncc23)(c2ccccc2)C1. The van der Waals surface area contributed by atoms with Gasteiger partial charge in [-0.3, -0.25) is 24.8 Å². The Morgan fingerprint density at radius 1 is 1.03 bits per heavy atom. The molecular formula is C21H18N8O3. The number of pyridine rings is 1. The van der Waals surface area contributed by atoms with Crippen LogP contribution in [-0.2, 0) is 15.1 Å². The Balaban J connectivity index is 1.37. The third-order valence-corrected chi connectivity index (χ3v) is 5.41. The number of hydrogen-bond acceptors (Lipinski definition) is 6. The summed E-state index contributed by atoms with van der Waals surface area (Å²) in [6, 6.07) is 11.0. The number of amides is 3. The van der Waals surface area contributed by atoms with Gasteiger partial charge in [0.2, 0.25) is 5.95 Å². The van der Waals surface area contributed by atoms with Crippen molar-refractivity contribution >= 4 is 34.7 Å². The standard InChI is InChI=1S/C21H18N8O3/c30-17(14-6-7-22-16-15(14)10-25-28-16)27-21(13-4-2-1-3-5-13)11-29(12-21)19(32)18(31)26-20-23-8-9-24-20/h1-10H,11-12H2,(H,27,30)(H,22,25,28)(H2,23,24,26,31). The molecule has 4 N–H and O–H groups in total. The highest BCUT2D eigenvalue weighted by atomic mass is 16.2. The minimum absolute atomic E-state index is 0.146. The highest BCUT2D eigenvalue weighted by Crippen LogP contribution is 2.33. The number of aromatic nitrogens is 5. The topological polar surface area (TPSA) is 149 Å². The molecule has 0 bridgehead atoms. The highest BCUT2D eigenvalue weighted by Gasteiger charge is 2.49. The van der Waals surface area contributed by atoms with E-state index in [1.54, 1.807) is 12.3 Å². The zero-order valence-electron chi connectivity index (χ0n) is 16.7. The van der Waals surface area contributed by atoms with Crippen molar-refractivity contribution in [2.24, 2.45) is 0 Å². The molecule has 3 aromatic heterocycles. The molecule has 4 heterocycles. The molecule has 11 heteroatoms. The van der Waals surface area contributed by atoms with Gasteiger partial charge in [0.15, 0.2) is 5.65 Å². The quantitative estimate of drug-likeness (QED) is 0.352. The zero-order valence-corrected chi connectivity index (χ0v) is 16.7. The van der Waals surface area contributed by atoms with Crippen LogP contribution >= 0.6 is 0 Å². The summed E-state index contributed by atoms with van der Waals surface area (Å²) in [7, 11) is 0. The average Bonchev–Trinajstić information content (AvgIpc) is 3.47. The molecule has 0 spiro atoms. The first-order chi connectivity index (χ1) is 15.6. The van der Waals surface area contributed by atoms with Crippen LogP contribution in [0.5, 0.6) is 0 Å². The number of nitrogens with zero attached hydrogens (tertiary/aromatic N) is 4. The molecule has 0 saturated carbocycles. The molecule has 0 atom stereocenters. The fourth-order valence-electron chi connectivity index (χ4n) is 3.81. The molecule has 0 aliphatic carbocycles. The number of likely N-dealkylation sites (tertiary alicyclic amines) is 1. The van der Waals surface area contributed by atoms with Gasteiger partial charge < -0.3 is 15.2 Å². The summed E-state index contributed by atoms with van der Waals surface area (Å²) in [6.07, 6.45) is 6.08. The molecule has 1 fully saturated rings. The van der Waals surface area contributed by atoms with Gasteiger partial charge in [-0.25, -0.2) is 9.97 Å². The zero-order chi connectivity index (χ0) is 22.1. The van der Waals surface area contributed by atoms with Gasteiger partial charge in [-0.1, -0.05) is 30.3 Å². The van der Waals surface area contributed by atoms with Gasteiger partial charge in [0.1, 0.15) is 5.54 Å². The normalized spacial score (nSPS) is 14.6. The Morgan fingerprint density at radius 2 is 1.84 bits per heavy atom. The van der Waals surface area contributed by atoms with Crippen LogP contribution in [0.25, 0.3) is 11.0 Å². The van der Waals surface area contributed by atoms with Crippen molar-refractivity contribution < 1.29 is 14.4 Å². The lowest BCUT2D eigenvalue weighted by Gasteiger charge is -2.50. The first kappa shape index (κ1) is 19.4. The van der Waals surface area contributed by atoms with Crippen molar-refractivity contribution in [2.75, 3.05) is 18.4 Å². The second-order valence-electron chi connectivity index (χ2n) is 7.45. The third kappa shape index (κ3) is 3.35. The predicted octanol–water partition coefficient (Wildman–Crippen LogP) is 0.787. The monoisotopic (exact) mass is 430 g/mol. The second-order valence-corrected chi connectivity index (χ2v) is 7.45. The number of aromatic amines is 2. The fraction of sp³-hybridized carbons (Fsp3) is 0.143. The van der Waals surface area contributed by atoms with Crippen molar-refractivity contribution in [3.8, 4) is 0 Å². The Kier molecular flexibility index (Phi) is 4.62. The number of hydrogen-bond donors (Lipinski definition) is 4. The molecule has 32 heavy (non-hydrogen) atoms. The van der Waals surface area contributed by atoms with Crippen LogP contribution < -0.4 is 10.6 Å². The molecule has 1 aromatic carbocycles. The highest BCUT2D eigenvalue weighted by molar-refractivity contribution is 6.39. The van der Waals surface area contributed by atoms with E-state index in [2.05, 4.69) is 35.8 Å². The maximum absolute atomic E-state index is 13.2. The molecule has 0 unspecified atom stereocenters. The maximum atomic E-state index is 13.2. The lowest BCUT2D eigenvalue weighted by molar-refractivity contribution is -0.149. The molecule has 5 rings (SSSR count). The Morgan fingerprint density at radius 3 is 2.59 bits per heavy atom. The summed E-state index contributed by atoms with van der Waals surface area (Å²) < 4.78 is 0. The first-order valence-electron chi connectivity index (χ1n) is 9.81. The van der Waals surface area contributed by atoms with Crippen LogP contribution in [0.15, 0.2) is 61.2 Å². The Labute approximate surface area is 181 Å². The fourth-order valence-corrected chi connectivity index (χ4v) is 3.81. The van der Waals surface area contributed by atoms with Crippen molar-refractivity contribution in [1.29, 1.82) is 0 Å². The lowest BCUT2D eigenvalue weighted by atomic mass is 9.81. The van der Waals surface area contributed by atoms with Gasteiger partial charge in [-0.05, 0) is 11.6 Å². The Hall–Kier alpha value is -4.54. The van der Waals surface area contributed by atoms with E-state index < -0.39 is 17.4 Å². The maximum Gasteiger partial charge on any atom is 0.316 e. The van der Waals surface area contributed by atoms with E-state index in [4.69, 9.17) is 0 Å². The van der Waals surface area contributed by atoms with Gasteiger partial charge in [0, 0.05) is 18.6 Å². The summed E-state index contributed by atoms with van der Waals surface area (Å²) >= 11 is 0. The van der Waals surface area contributed by atoms with Crippen LogP contribution in [0.2, 0.25) is 0 Å². The summed E-state index contributed by atoms with van der Waals surface area (Å²) in [4.78, 5) is 50.2. The molecule has 1 aliphatic rings. The number of anilines is 1. The number of benzene rings is 1. The van der Waals surface area contributed by atoms with Gasteiger partial charge in [-0.15, -0.1) is 0 Å². The summed E-state index contributed by atoms with van der Waals surface area (Å²) in [5.74, 6) is -1.64. The van der Waals surface area contributed by atoms with E-state index in [1.165, 1.54) is 23.5 Å². The van der Waals surface area contributed by atoms with Crippen molar-refractivity contribution in [1.82, 2.24) is 35.4 Å². The number of nitrogens with one attached hydrogen (secondary N) is 4. The van der Waals surface area contributed by atoms with E-state index >= 15 is 0 Å². The number of imidazole rings is 1. The molecule has 3 amide bonds. The summed E-state index contributed by atoms with van der Waals surface area (Å²) in [6.45, 7) is 0.291. The smallest absolute Gasteiger partial charge is 0.316 e. The van der Waals surface area contributed by atoms with Crippen LogP contribution in [0, 0.1) is 0 Å². The van der Waals surface area contributed by atoms with Crippen LogP contribution in [0.1, 0.15) is 15.9 Å². The summed E-state index contributed by atoms with van der Waals surface area (Å²) in [5.41, 5.74) is 0.922. The first-order valence-corrected chi connectivity index (χ1v) is 9.81. The number of fused-ring (bicyclic) bond motifs is 1. The lowest BCUT2D eigenvalue weighted by Crippen LogP contribution is -2.70.